The molecule has 0 aliphatic heterocycles. The second kappa shape index (κ2) is 6.32. The number of nitrogens with zero attached hydrogens (tertiary/aromatic N) is 1. The molecule has 1 unspecified atom stereocenters. The monoisotopic (exact) mass is 318 g/mol. The van der Waals surface area contributed by atoms with Crippen LogP contribution in [-0.4, -0.2) is 30.6 Å². The lowest BCUT2D eigenvalue weighted by molar-refractivity contribution is 0.106. The molecule has 0 aromatic carbocycles. The highest BCUT2D eigenvalue weighted by molar-refractivity contribution is 9.10. The van der Waals surface area contributed by atoms with Gasteiger partial charge >= 0.3 is 0 Å². The van der Waals surface area contributed by atoms with Gasteiger partial charge in [-0.25, -0.2) is 0 Å². The number of hydrogen-bond donors (Lipinski definition) is 1. The normalized spacial score (nSPS) is 14.3. The predicted molar refractivity (Wildman–Crippen MR) is 80.7 cm³/mol. The summed E-state index contributed by atoms with van der Waals surface area (Å²) in [6.07, 6.45) is 3.13. The topological polar surface area (TPSA) is 29.3 Å². The van der Waals surface area contributed by atoms with E-state index in [0.29, 0.717) is 0 Å². The standard InChI is InChI=1S/C13H23BrN2S/c1-5-13(6-2,16(3)4)12(15)8-11-7-10(14)9-17-11/h7,9,12H,5-6,8,15H2,1-4H3. The van der Waals surface area contributed by atoms with E-state index in [2.05, 4.69) is 60.2 Å². The van der Waals surface area contributed by atoms with E-state index in [1.165, 1.54) is 4.88 Å². The Bertz CT molecular complexity index is 345. The molecule has 17 heavy (non-hydrogen) atoms. The van der Waals surface area contributed by atoms with Gasteiger partial charge in [0.05, 0.1) is 0 Å². The van der Waals surface area contributed by atoms with Crippen molar-refractivity contribution < 1.29 is 0 Å². The zero-order chi connectivity index (χ0) is 13.1. The molecule has 0 spiro atoms. The van der Waals surface area contributed by atoms with Crippen molar-refractivity contribution in [2.75, 3.05) is 14.1 Å². The summed E-state index contributed by atoms with van der Waals surface area (Å²) in [5, 5.41) is 2.12. The summed E-state index contributed by atoms with van der Waals surface area (Å²) in [5.41, 5.74) is 6.57. The highest BCUT2D eigenvalue weighted by Gasteiger charge is 2.35. The Morgan fingerprint density at radius 3 is 2.35 bits per heavy atom. The Morgan fingerprint density at radius 2 is 2.00 bits per heavy atom. The van der Waals surface area contributed by atoms with E-state index in [9.17, 15) is 0 Å². The van der Waals surface area contributed by atoms with Crippen molar-refractivity contribution in [3.63, 3.8) is 0 Å². The molecule has 98 valence electrons. The molecule has 0 radical (unpaired) electrons. The first kappa shape index (κ1) is 15.2. The molecular formula is C13H23BrN2S. The van der Waals surface area contributed by atoms with Crippen LogP contribution in [-0.2, 0) is 6.42 Å². The third kappa shape index (κ3) is 3.31. The van der Waals surface area contributed by atoms with Gasteiger partial charge in [-0.15, -0.1) is 11.3 Å². The molecule has 0 aliphatic rings. The molecule has 0 aliphatic carbocycles. The summed E-state index contributed by atoms with van der Waals surface area (Å²) < 4.78 is 1.16. The Kier molecular flexibility index (Phi) is 5.64. The van der Waals surface area contributed by atoms with E-state index >= 15 is 0 Å². The molecule has 0 bridgehead atoms. The van der Waals surface area contributed by atoms with Crippen LogP contribution in [0.5, 0.6) is 0 Å². The van der Waals surface area contributed by atoms with Gasteiger partial charge in [-0.05, 0) is 55.4 Å². The van der Waals surface area contributed by atoms with Crippen LogP contribution in [0.1, 0.15) is 31.6 Å². The van der Waals surface area contributed by atoms with E-state index in [1.54, 1.807) is 11.3 Å². The van der Waals surface area contributed by atoms with Gasteiger partial charge in [0.2, 0.25) is 0 Å². The summed E-state index contributed by atoms with van der Waals surface area (Å²) >= 11 is 5.28. The van der Waals surface area contributed by atoms with Crippen molar-refractivity contribution in [2.24, 2.45) is 5.73 Å². The van der Waals surface area contributed by atoms with E-state index in [1.807, 2.05) is 0 Å². The minimum atomic E-state index is 0.108. The quantitative estimate of drug-likeness (QED) is 0.869. The molecule has 1 rings (SSSR count). The first-order valence-corrected chi connectivity index (χ1v) is 7.79. The zero-order valence-electron chi connectivity index (χ0n) is 11.2. The third-order valence-electron chi connectivity index (χ3n) is 3.85. The van der Waals surface area contributed by atoms with Crippen molar-refractivity contribution in [1.82, 2.24) is 4.90 Å². The number of hydrogen-bond acceptors (Lipinski definition) is 3. The lowest BCUT2D eigenvalue weighted by Crippen LogP contribution is -2.57. The highest BCUT2D eigenvalue weighted by Crippen LogP contribution is 2.29. The van der Waals surface area contributed by atoms with Crippen molar-refractivity contribution in [3.8, 4) is 0 Å². The maximum absolute atomic E-state index is 6.47. The molecule has 0 amide bonds. The molecule has 1 aromatic rings. The number of nitrogens with two attached hydrogens (primary N) is 1. The van der Waals surface area contributed by atoms with Crippen molar-refractivity contribution >= 4 is 27.3 Å². The lowest BCUT2D eigenvalue weighted by Gasteiger charge is -2.43. The van der Waals surface area contributed by atoms with Crippen LogP contribution >= 0.6 is 27.3 Å². The van der Waals surface area contributed by atoms with Gasteiger partial charge in [-0.2, -0.15) is 0 Å². The summed E-state index contributed by atoms with van der Waals surface area (Å²) in [6, 6.07) is 2.36. The van der Waals surface area contributed by atoms with Crippen molar-refractivity contribution in [3.05, 3.63) is 20.8 Å². The van der Waals surface area contributed by atoms with Crippen LogP contribution in [0.4, 0.5) is 0 Å². The highest BCUT2D eigenvalue weighted by atomic mass is 79.9. The molecular weight excluding hydrogens is 296 g/mol. The van der Waals surface area contributed by atoms with Crippen LogP contribution in [0.3, 0.4) is 0 Å². The number of likely N-dealkylation sites (N-methyl/N-ethyl adjacent to an activating group) is 1. The fourth-order valence-corrected chi connectivity index (χ4v) is 4.12. The molecule has 1 aromatic heterocycles. The smallest absolute Gasteiger partial charge is 0.0352 e. The Morgan fingerprint density at radius 1 is 1.41 bits per heavy atom. The van der Waals surface area contributed by atoms with Crippen LogP contribution in [0.15, 0.2) is 15.9 Å². The first-order chi connectivity index (χ1) is 7.96. The van der Waals surface area contributed by atoms with Gasteiger partial charge in [0, 0.05) is 26.3 Å². The molecule has 2 N–H and O–H groups in total. The molecule has 0 saturated heterocycles. The summed E-state index contributed by atoms with van der Waals surface area (Å²) in [6.45, 7) is 4.46. The molecule has 0 saturated carbocycles. The van der Waals surface area contributed by atoms with Gasteiger partial charge in [-0.3, -0.25) is 0 Å². The van der Waals surface area contributed by atoms with E-state index in [4.69, 9.17) is 5.73 Å². The van der Waals surface area contributed by atoms with Gasteiger partial charge in [0.25, 0.3) is 0 Å². The largest absolute Gasteiger partial charge is 0.326 e. The fraction of sp³-hybridized carbons (Fsp3) is 0.692. The van der Waals surface area contributed by atoms with Gasteiger partial charge in [0.1, 0.15) is 0 Å². The van der Waals surface area contributed by atoms with Crippen LogP contribution in [0.2, 0.25) is 0 Å². The number of thiophene rings is 1. The summed E-state index contributed by atoms with van der Waals surface area (Å²) in [4.78, 5) is 3.65. The summed E-state index contributed by atoms with van der Waals surface area (Å²) in [7, 11) is 4.27. The number of rotatable bonds is 6. The van der Waals surface area contributed by atoms with E-state index < -0.39 is 0 Å². The number of halogens is 1. The minimum Gasteiger partial charge on any atom is -0.326 e. The van der Waals surface area contributed by atoms with Crippen molar-refractivity contribution in [1.29, 1.82) is 0 Å². The van der Waals surface area contributed by atoms with Gasteiger partial charge in [0.15, 0.2) is 0 Å². The maximum atomic E-state index is 6.47. The third-order valence-corrected chi connectivity index (χ3v) is 5.57. The average Bonchev–Trinajstić information content (AvgIpc) is 2.66. The molecule has 2 nitrogen and oxygen atoms in total. The van der Waals surface area contributed by atoms with Crippen molar-refractivity contribution in [2.45, 2.75) is 44.7 Å². The summed E-state index contributed by atoms with van der Waals surface area (Å²) in [5.74, 6) is 0. The second-order valence-corrected chi connectivity index (χ2v) is 6.66. The molecule has 1 heterocycles. The minimum absolute atomic E-state index is 0.108. The molecule has 0 fully saturated rings. The van der Waals surface area contributed by atoms with Gasteiger partial charge < -0.3 is 10.6 Å². The van der Waals surface area contributed by atoms with E-state index in [0.717, 1.165) is 23.7 Å². The second-order valence-electron chi connectivity index (χ2n) is 4.75. The Balaban J connectivity index is 2.82. The van der Waals surface area contributed by atoms with Crippen LogP contribution < -0.4 is 5.73 Å². The lowest BCUT2D eigenvalue weighted by atomic mass is 9.82. The predicted octanol–water partition coefficient (Wildman–Crippen LogP) is 3.50. The SMILES string of the molecule is CCC(CC)(C(N)Cc1cc(Br)cs1)N(C)C. The van der Waals surface area contributed by atoms with Crippen LogP contribution in [0.25, 0.3) is 0 Å². The Labute approximate surface area is 117 Å². The molecule has 1 atom stereocenters. The van der Waals surface area contributed by atoms with E-state index in [-0.39, 0.29) is 11.6 Å². The van der Waals surface area contributed by atoms with Crippen LogP contribution in [0, 0.1) is 0 Å². The van der Waals surface area contributed by atoms with Gasteiger partial charge in [-0.1, -0.05) is 13.8 Å². The Hall–Kier alpha value is 0.1000. The molecule has 4 heteroatoms. The fourth-order valence-electron chi connectivity index (χ4n) is 2.61. The average molecular weight is 319 g/mol. The first-order valence-electron chi connectivity index (χ1n) is 6.12. The zero-order valence-corrected chi connectivity index (χ0v) is 13.6. The maximum Gasteiger partial charge on any atom is 0.0352 e.